The third kappa shape index (κ3) is 4.07. The van der Waals surface area contributed by atoms with Gasteiger partial charge in [0.2, 0.25) is 0 Å². The molecule has 1 saturated carbocycles. The third-order valence-electron chi connectivity index (χ3n) is 3.97. The van der Waals surface area contributed by atoms with Gasteiger partial charge in [-0.3, -0.25) is 4.79 Å². The number of halogens is 1. The van der Waals surface area contributed by atoms with Crippen molar-refractivity contribution in [2.75, 3.05) is 7.11 Å². The summed E-state index contributed by atoms with van der Waals surface area (Å²) in [5.41, 5.74) is 0.710. The Morgan fingerprint density at radius 3 is 2.74 bits per heavy atom. The highest BCUT2D eigenvalue weighted by molar-refractivity contribution is 9.10. The number of carbonyl (C=O) groups is 1. The minimum Gasteiger partial charge on any atom is -0.496 e. The molecular formula is C16H21BrO2. The van der Waals surface area contributed by atoms with Gasteiger partial charge < -0.3 is 4.74 Å². The van der Waals surface area contributed by atoms with E-state index >= 15 is 0 Å². The second-order valence-corrected chi connectivity index (χ2v) is 6.23. The zero-order valence-electron chi connectivity index (χ0n) is 11.5. The Hall–Kier alpha value is -0.830. The first-order valence-corrected chi connectivity index (χ1v) is 7.86. The number of rotatable bonds is 5. The van der Waals surface area contributed by atoms with Crippen LogP contribution in [0.4, 0.5) is 0 Å². The molecule has 0 atom stereocenters. The van der Waals surface area contributed by atoms with E-state index < -0.39 is 0 Å². The fourth-order valence-corrected chi connectivity index (χ4v) is 3.18. The zero-order chi connectivity index (χ0) is 13.7. The van der Waals surface area contributed by atoms with E-state index in [-0.39, 0.29) is 5.78 Å². The molecule has 104 valence electrons. The highest BCUT2D eigenvalue weighted by atomic mass is 79.9. The van der Waals surface area contributed by atoms with Crippen LogP contribution in [-0.4, -0.2) is 12.9 Å². The third-order valence-corrected chi connectivity index (χ3v) is 4.46. The van der Waals surface area contributed by atoms with Gasteiger partial charge in [0.25, 0.3) is 0 Å². The van der Waals surface area contributed by atoms with Crippen molar-refractivity contribution in [3.63, 3.8) is 0 Å². The number of benzene rings is 1. The Balaban J connectivity index is 1.95. The van der Waals surface area contributed by atoms with Gasteiger partial charge >= 0.3 is 0 Å². The SMILES string of the molecule is COc1cc(Br)ccc1C(=O)CCC1CCCCC1. The molecule has 19 heavy (non-hydrogen) atoms. The molecule has 1 aromatic carbocycles. The van der Waals surface area contributed by atoms with E-state index in [2.05, 4.69) is 15.9 Å². The minimum atomic E-state index is 0.204. The van der Waals surface area contributed by atoms with Gasteiger partial charge in [-0.1, -0.05) is 48.0 Å². The molecule has 0 amide bonds. The summed E-state index contributed by atoms with van der Waals surface area (Å²) < 4.78 is 6.23. The van der Waals surface area contributed by atoms with E-state index in [0.717, 1.165) is 16.8 Å². The molecule has 0 bridgehead atoms. The van der Waals surface area contributed by atoms with Crippen LogP contribution in [0.15, 0.2) is 22.7 Å². The van der Waals surface area contributed by atoms with E-state index in [1.165, 1.54) is 32.1 Å². The molecule has 0 heterocycles. The summed E-state index contributed by atoms with van der Waals surface area (Å²) in [5, 5.41) is 0. The van der Waals surface area contributed by atoms with Crippen molar-refractivity contribution < 1.29 is 9.53 Å². The van der Waals surface area contributed by atoms with Crippen molar-refractivity contribution in [3.8, 4) is 5.75 Å². The number of ketones is 1. The molecule has 1 aromatic rings. The average molecular weight is 325 g/mol. The van der Waals surface area contributed by atoms with Crippen LogP contribution in [0.1, 0.15) is 55.3 Å². The van der Waals surface area contributed by atoms with Gasteiger partial charge in [-0.2, -0.15) is 0 Å². The van der Waals surface area contributed by atoms with E-state index in [9.17, 15) is 4.79 Å². The normalized spacial score (nSPS) is 16.3. The van der Waals surface area contributed by atoms with Crippen LogP contribution >= 0.6 is 15.9 Å². The quantitative estimate of drug-likeness (QED) is 0.712. The number of methoxy groups -OCH3 is 1. The summed E-state index contributed by atoms with van der Waals surface area (Å²) in [5.74, 6) is 1.62. The van der Waals surface area contributed by atoms with Crippen molar-refractivity contribution >= 4 is 21.7 Å². The highest BCUT2D eigenvalue weighted by Gasteiger charge is 2.17. The predicted octanol–water partition coefficient (Wildman–Crippen LogP) is 5.00. The molecule has 3 heteroatoms. The first-order chi connectivity index (χ1) is 9.20. The Morgan fingerprint density at radius 1 is 1.32 bits per heavy atom. The van der Waals surface area contributed by atoms with E-state index in [4.69, 9.17) is 4.74 Å². The summed E-state index contributed by atoms with van der Waals surface area (Å²) in [6, 6.07) is 5.61. The molecule has 0 N–H and O–H groups in total. The Morgan fingerprint density at radius 2 is 2.05 bits per heavy atom. The smallest absolute Gasteiger partial charge is 0.166 e. The maximum absolute atomic E-state index is 12.3. The van der Waals surface area contributed by atoms with Gasteiger partial charge in [-0.15, -0.1) is 0 Å². The molecule has 2 rings (SSSR count). The largest absolute Gasteiger partial charge is 0.496 e. The van der Waals surface area contributed by atoms with Gasteiger partial charge in [0.1, 0.15) is 5.75 Å². The first kappa shape index (κ1) is 14.6. The molecule has 0 aromatic heterocycles. The van der Waals surface area contributed by atoms with Crippen LogP contribution in [0.3, 0.4) is 0 Å². The number of hydrogen-bond acceptors (Lipinski definition) is 2. The Labute approximate surface area is 123 Å². The standard InChI is InChI=1S/C16H21BrO2/c1-19-16-11-13(17)8-9-14(16)15(18)10-7-12-5-3-2-4-6-12/h8-9,11-12H,2-7,10H2,1H3. The number of Topliss-reactive ketones (excluding diaryl/α,β-unsaturated/α-hetero) is 1. The lowest BCUT2D eigenvalue weighted by Gasteiger charge is -2.21. The lowest BCUT2D eigenvalue weighted by Crippen LogP contribution is -2.09. The van der Waals surface area contributed by atoms with Crippen LogP contribution in [0.5, 0.6) is 5.75 Å². The summed E-state index contributed by atoms with van der Waals surface area (Å²) >= 11 is 3.40. The fraction of sp³-hybridized carbons (Fsp3) is 0.562. The Bertz CT molecular complexity index is 436. The molecule has 0 saturated heterocycles. The van der Waals surface area contributed by atoms with Crippen molar-refractivity contribution in [3.05, 3.63) is 28.2 Å². The van der Waals surface area contributed by atoms with Crippen LogP contribution in [0.2, 0.25) is 0 Å². The van der Waals surface area contributed by atoms with Crippen molar-refractivity contribution in [1.29, 1.82) is 0 Å². The van der Waals surface area contributed by atoms with Crippen molar-refractivity contribution in [1.82, 2.24) is 0 Å². The summed E-state index contributed by atoms with van der Waals surface area (Å²) in [7, 11) is 1.61. The number of ether oxygens (including phenoxy) is 1. The maximum Gasteiger partial charge on any atom is 0.166 e. The monoisotopic (exact) mass is 324 g/mol. The molecule has 0 spiro atoms. The number of hydrogen-bond donors (Lipinski definition) is 0. The molecule has 0 radical (unpaired) electrons. The van der Waals surface area contributed by atoms with Crippen LogP contribution in [-0.2, 0) is 0 Å². The lowest BCUT2D eigenvalue weighted by atomic mass is 9.85. The molecule has 0 unspecified atom stereocenters. The predicted molar refractivity (Wildman–Crippen MR) is 80.8 cm³/mol. The Kier molecular flexibility index (Phi) is 5.44. The highest BCUT2D eigenvalue weighted by Crippen LogP contribution is 2.29. The summed E-state index contributed by atoms with van der Waals surface area (Å²) in [6.07, 6.45) is 8.29. The maximum atomic E-state index is 12.3. The molecule has 1 fully saturated rings. The second-order valence-electron chi connectivity index (χ2n) is 5.31. The molecule has 1 aliphatic rings. The van der Waals surface area contributed by atoms with Gasteiger partial charge in [0.05, 0.1) is 12.7 Å². The van der Waals surface area contributed by atoms with E-state index in [0.29, 0.717) is 17.7 Å². The fourth-order valence-electron chi connectivity index (χ4n) is 2.84. The molecule has 0 aliphatic heterocycles. The summed E-state index contributed by atoms with van der Waals surface area (Å²) in [4.78, 5) is 12.3. The van der Waals surface area contributed by atoms with Crippen LogP contribution in [0.25, 0.3) is 0 Å². The van der Waals surface area contributed by atoms with Crippen LogP contribution in [0, 0.1) is 5.92 Å². The molecule has 1 aliphatic carbocycles. The van der Waals surface area contributed by atoms with Crippen molar-refractivity contribution in [2.45, 2.75) is 44.9 Å². The molecular weight excluding hydrogens is 304 g/mol. The molecule has 2 nitrogen and oxygen atoms in total. The van der Waals surface area contributed by atoms with Crippen molar-refractivity contribution in [2.24, 2.45) is 5.92 Å². The van der Waals surface area contributed by atoms with Crippen LogP contribution < -0.4 is 4.74 Å². The van der Waals surface area contributed by atoms with Gasteiger partial charge in [0.15, 0.2) is 5.78 Å². The number of carbonyl (C=O) groups excluding carboxylic acids is 1. The zero-order valence-corrected chi connectivity index (χ0v) is 13.0. The first-order valence-electron chi connectivity index (χ1n) is 7.07. The van der Waals surface area contributed by atoms with E-state index in [1.807, 2.05) is 18.2 Å². The average Bonchev–Trinajstić information content (AvgIpc) is 2.45. The lowest BCUT2D eigenvalue weighted by molar-refractivity contribution is 0.0967. The summed E-state index contributed by atoms with van der Waals surface area (Å²) in [6.45, 7) is 0. The van der Waals surface area contributed by atoms with Gasteiger partial charge in [-0.05, 0) is 30.5 Å². The topological polar surface area (TPSA) is 26.3 Å². The van der Waals surface area contributed by atoms with E-state index in [1.54, 1.807) is 7.11 Å². The van der Waals surface area contributed by atoms with Gasteiger partial charge in [-0.25, -0.2) is 0 Å². The second kappa shape index (κ2) is 7.09. The van der Waals surface area contributed by atoms with Gasteiger partial charge in [0, 0.05) is 10.9 Å². The minimum absolute atomic E-state index is 0.204.